The van der Waals surface area contributed by atoms with Crippen molar-refractivity contribution in [2.45, 2.75) is 37.4 Å². The van der Waals surface area contributed by atoms with Gasteiger partial charge in [0.1, 0.15) is 12.0 Å². The zero-order valence-electron chi connectivity index (χ0n) is 12.8. The van der Waals surface area contributed by atoms with E-state index in [0.717, 1.165) is 12.8 Å². The lowest BCUT2D eigenvalue weighted by Gasteiger charge is -2.21. The molecule has 0 saturated carbocycles. The van der Waals surface area contributed by atoms with E-state index in [1.165, 1.54) is 18.9 Å². The van der Waals surface area contributed by atoms with Crippen LogP contribution >= 0.6 is 0 Å². The van der Waals surface area contributed by atoms with Gasteiger partial charge in [0.15, 0.2) is 5.58 Å². The van der Waals surface area contributed by atoms with Crippen LogP contribution in [0.2, 0.25) is 0 Å². The van der Waals surface area contributed by atoms with Gasteiger partial charge >= 0.3 is 0 Å². The van der Waals surface area contributed by atoms with E-state index in [1.807, 2.05) is 0 Å². The van der Waals surface area contributed by atoms with Crippen LogP contribution in [0, 0.1) is 11.8 Å². The lowest BCUT2D eigenvalue weighted by molar-refractivity contribution is -0.112. The van der Waals surface area contributed by atoms with Gasteiger partial charge in [-0.25, -0.2) is 4.98 Å². The van der Waals surface area contributed by atoms with Crippen molar-refractivity contribution in [2.75, 3.05) is 0 Å². The molecule has 3 atom stereocenters. The number of nitrogens with zero attached hydrogens (tertiary/aromatic N) is 1. The fraction of sp³-hybridized carbons (Fsp3) is 0.353. The minimum absolute atomic E-state index is 0.146. The predicted octanol–water partition coefficient (Wildman–Crippen LogP) is 0.287. The highest BCUT2D eigenvalue weighted by Crippen LogP contribution is 2.28. The molecule has 7 nitrogen and oxygen atoms in total. The lowest BCUT2D eigenvalue weighted by atomic mass is 9.95. The largest absolute Gasteiger partial charge is 0.461 e. The Kier molecular flexibility index (Phi) is 3.47. The number of nitrogens with two attached hydrogens (primary N) is 1. The molecule has 2 bridgehead atoms. The number of primary amides is 1. The minimum Gasteiger partial charge on any atom is -0.461 e. The van der Waals surface area contributed by atoms with E-state index in [1.54, 1.807) is 6.07 Å². The van der Waals surface area contributed by atoms with Gasteiger partial charge in [-0.15, -0.1) is 0 Å². The zero-order valence-corrected chi connectivity index (χ0v) is 12.8. The van der Waals surface area contributed by atoms with Crippen LogP contribution in [0.15, 0.2) is 22.9 Å². The second-order valence-electron chi connectivity index (χ2n) is 6.19. The average molecular weight is 324 g/mol. The molecule has 2 aromatic rings. The number of rotatable bonds is 2. The van der Waals surface area contributed by atoms with Crippen LogP contribution < -0.4 is 16.4 Å². The second kappa shape index (κ2) is 5.65. The number of furan rings is 1. The third-order valence-electron chi connectivity index (χ3n) is 4.63. The van der Waals surface area contributed by atoms with E-state index in [0.29, 0.717) is 34.3 Å². The third-order valence-corrected chi connectivity index (χ3v) is 4.63. The van der Waals surface area contributed by atoms with Crippen molar-refractivity contribution in [3.05, 3.63) is 29.8 Å². The number of hydrogen-bond donors (Lipinski definition) is 3. The van der Waals surface area contributed by atoms with Gasteiger partial charge in [0.25, 0.3) is 11.8 Å². The fourth-order valence-electron chi connectivity index (χ4n) is 3.51. The molecule has 4 heterocycles. The quantitative estimate of drug-likeness (QED) is 0.688. The molecule has 4 rings (SSSR count). The van der Waals surface area contributed by atoms with E-state index in [4.69, 9.17) is 10.2 Å². The number of amides is 2. The van der Waals surface area contributed by atoms with Crippen molar-refractivity contribution in [1.29, 1.82) is 0 Å². The summed E-state index contributed by atoms with van der Waals surface area (Å²) >= 11 is 0. The Bertz CT molecular complexity index is 892. The number of pyridine rings is 1. The SMILES string of the molecule is NC(=O)C#Cc1coc2cnc(C(=O)N[C@@H]3C[C@H]4CC[C@@H]3N4)cc12. The summed E-state index contributed by atoms with van der Waals surface area (Å²) in [7, 11) is 0. The molecular weight excluding hydrogens is 308 g/mol. The Balaban J connectivity index is 1.58. The van der Waals surface area contributed by atoms with Crippen molar-refractivity contribution in [3.8, 4) is 11.8 Å². The second-order valence-corrected chi connectivity index (χ2v) is 6.19. The highest BCUT2D eigenvalue weighted by molar-refractivity contribution is 5.98. The van der Waals surface area contributed by atoms with Gasteiger partial charge < -0.3 is 20.8 Å². The first kappa shape index (κ1) is 14.7. The Labute approximate surface area is 138 Å². The monoisotopic (exact) mass is 324 g/mol. The summed E-state index contributed by atoms with van der Waals surface area (Å²) in [6, 6.07) is 2.64. The summed E-state index contributed by atoms with van der Waals surface area (Å²) < 4.78 is 5.33. The van der Waals surface area contributed by atoms with E-state index >= 15 is 0 Å². The van der Waals surface area contributed by atoms with Gasteiger partial charge in [-0.3, -0.25) is 9.59 Å². The maximum Gasteiger partial charge on any atom is 0.293 e. The molecule has 2 aromatic heterocycles. The summed E-state index contributed by atoms with van der Waals surface area (Å²) in [6.45, 7) is 0. The van der Waals surface area contributed by atoms with E-state index in [9.17, 15) is 9.59 Å². The fourth-order valence-corrected chi connectivity index (χ4v) is 3.51. The minimum atomic E-state index is -0.722. The van der Waals surface area contributed by atoms with Crippen LogP contribution in [-0.2, 0) is 4.79 Å². The van der Waals surface area contributed by atoms with Crippen molar-refractivity contribution in [3.63, 3.8) is 0 Å². The summed E-state index contributed by atoms with van der Waals surface area (Å²) in [5, 5.41) is 7.17. The van der Waals surface area contributed by atoms with E-state index in [-0.39, 0.29) is 11.9 Å². The number of fused-ring (bicyclic) bond motifs is 3. The Hall–Kier alpha value is -2.85. The molecule has 7 heteroatoms. The normalized spacial score (nSPS) is 24.6. The first-order valence-electron chi connectivity index (χ1n) is 7.86. The van der Waals surface area contributed by atoms with Crippen molar-refractivity contribution in [2.24, 2.45) is 5.73 Å². The molecule has 0 spiro atoms. The highest BCUT2D eigenvalue weighted by Gasteiger charge is 2.39. The number of hydrogen-bond acceptors (Lipinski definition) is 5. The van der Waals surface area contributed by atoms with E-state index < -0.39 is 5.91 Å². The molecule has 2 aliphatic heterocycles. The first-order valence-corrected chi connectivity index (χ1v) is 7.86. The zero-order chi connectivity index (χ0) is 16.7. The predicted molar refractivity (Wildman–Crippen MR) is 85.9 cm³/mol. The Morgan fingerprint density at radius 2 is 2.29 bits per heavy atom. The lowest BCUT2D eigenvalue weighted by Crippen LogP contribution is -2.43. The van der Waals surface area contributed by atoms with Crippen LogP contribution in [0.4, 0.5) is 0 Å². The summed E-state index contributed by atoms with van der Waals surface area (Å²) in [6.07, 6.45) is 6.14. The van der Waals surface area contributed by atoms with Crippen LogP contribution in [0.5, 0.6) is 0 Å². The highest BCUT2D eigenvalue weighted by atomic mass is 16.3. The van der Waals surface area contributed by atoms with Crippen LogP contribution in [-0.4, -0.2) is 34.9 Å². The molecule has 2 saturated heterocycles. The number of carbonyl (C=O) groups is 2. The Morgan fingerprint density at radius 3 is 3.00 bits per heavy atom. The van der Waals surface area contributed by atoms with Gasteiger partial charge in [-0.2, -0.15) is 0 Å². The molecule has 0 unspecified atom stereocenters. The van der Waals surface area contributed by atoms with Gasteiger partial charge in [-0.1, -0.05) is 5.92 Å². The smallest absolute Gasteiger partial charge is 0.293 e. The van der Waals surface area contributed by atoms with Gasteiger partial charge in [0.2, 0.25) is 0 Å². The maximum atomic E-state index is 12.5. The van der Waals surface area contributed by atoms with E-state index in [2.05, 4.69) is 27.5 Å². The van der Waals surface area contributed by atoms with Crippen molar-refractivity contribution >= 4 is 22.8 Å². The molecule has 0 radical (unpaired) electrons. The summed E-state index contributed by atoms with van der Waals surface area (Å²) in [4.78, 5) is 27.4. The molecule has 2 fully saturated rings. The molecule has 4 N–H and O–H groups in total. The Morgan fingerprint density at radius 1 is 1.42 bits per heavy atom. The molecule has 2 aliphatic rings. The van der Waals surface area contributed by atoms with Crippen LogP contribution in [0.25, 0.3) is 11.0 Å². The topological polar surface area (TPSA) is 110 Å². The van der Waals surface area contributed by atoms with Crippen molar-refractivity contribution in [1.82, 2.24) is 15.6 Å². The standard InChI is InChI=1S/C17H16N4O3/c18-16(22)4-1-9-8-24-15-7-19-14(6-11(9)15)17(23)21-13-5-10-2-3-12(13)20-10/h6-8,10,12-13,20H,2-3,5H2,(H2,18,22)(H,21,23)/t10-,12+,13-/m1/s1. The number of nitrogens with one attached hydrogen (secondary N) is 2. The molecular formula is C17H16N4O3. The molecule has 0 aromatic carbocycles. The van der Waals surface area contributed by atoms with Crippen molar-refractivity contribution < 1.29 is 14.0 Å². The third kappa shape index (κ3) is 2.61. The summed E-state index contributed by atoms with van der Waals surface area (Å²) in [5.74, 6) is 3.97. The summed E-state index contributed by atoms with van der Waals surface area (Å²) in [5.41, 5.74) is 6.33. The maximum absolute atomic E-state index is 12.5. The average Bonchev–Trinajstić information content (AvgIpc) is 3.27. The molecule has 0 aliphatic carbocycles. The van der Waals surface area contributed by atoms with Crippen LogP contribution in [0.3, 0.4) is 0 Å². The number of carbonyl (C=O) groups excluding carboxylic acids is 2. The molecule has 24 heavy (non-hydrogen) atoms. The molecule has 122 valence electrons. The van der Waals surface area contributed by atoms with Crippen LogP contribution in [0.1, 0.15) is 35.3 Å². The van der Waals surface area contributed by atoms with Gasteiger partial charge in [-0.05, 0) is 25.3 Å². The molecule has 2 amide bonds. The number of aromatic nitrogens is 1. The van der Waals surface area contributed by atoms with Gasteiger partial charge in [0.05, 0.1) is 11.8 Å². The first-order chi connectivity index (χ1) is 11.6. The van der Waals surface area contributed by atoms with Gasteiger partial charge in [0, 0.05) is 29.4 Å².